The van der Waals surface area contributed by atoms with E-state index >= 15 is 0 Å². The van der Waals surface area contributed by atoms with E-state index in [2.05, 4.69) is 26.5 Å². The van der Waals surface area contributed by atoms with E-state index in [-0.39, 0.29) is 12.0 Å². The predicted octanol–water partition coefficient (Wildman–Crippen LogP) is 1.17. The summed E-state index contributed by atoms with van der Waals surface area (Å²) in [5.41, 5.74) is 2.20. The zero-order valence-corrected chi connectivity index (χ0v) is 15.0. The summed E-state index contributed by atoms with van der Waals surface area (Å²) in [5.74, 6) is 0.260. The van der Waals surface area contributed by atoms with Crippen LogP contribution in [-0.4, -0.2) is 50.6 Å². The monoisotopic (exact) mass is 365 g/mol. The Bertz CT molecular complexity index is 1030. The number of carbonyl (C=O) groups is 1. The molecule has 0 saturated carbocycles. The van der Waals surface area contributed by atoms with Gasteiger partial charge in [-0.15, -0.1) is 0 Å². The number of ether oxygens (including phenoxy) is 1. The fraction of sp³-hybridized carbons (Fsp3) is 0.333. The zero-order chi connectivity index (χ0) is 19.0. The van der Waals surface area contributed by atoms with Gasteiger partial charge in [0.15, 0.2) is 11.9 Å². The number of morpholine rings is 1. The zero-order valence-electron chi connectivity index (χ0n) is 15.0. The lowest BCUT2D eigenvalue weighted by Crippen LogP contribution is -2.51. The first-order valence-corrected chi connectivity index (χ1v) is 8.63. The van der Waals surface area contributed by atoms with E-state index in [1.807, 2.05) is 19.1 Å². The predicted molar refractivity (Wildman–Crippen MR) is 98.3 cm³/mol. The van der Waals surface area contributed by atoms with Crippen LogP contribution < -0.4 is 10.2 Å². The number of fused-ring (bicyclic) bond motifs is 1. The number of carbonyl (C=O) groups excluding carboxylic acids is 1. The number of pyridine rings is 1. The second-order valence-corrected chi connectivity index (χ2v) is 6.55. The van der Waals surface area contributed by atoms with Gasteiger partial charge in [0.25, 0.3) is 5.91 Å². The molecule has 9 nitrogen and oxygen atoms in total. The van der Waals surface area contributed by atoms with Gasteiger partial charge in [-0.25, -0.2) is 4.52 Å². The lowest BCUT2D eigenvalue weighted by Gasteiger charge is -2.37. The highest BCUT2D eigenvalue weighted by atomic mass is 16.5. The minimum Gasteiger partial charge on any atom is -0.364 e. The molecule has 4 heterocycles. The quantitative estimate of drug-likeness (QED) is 0.748. The van der Waals surface area contributed by atoms with E-state index in [1.54, 1.807) is 40.8 Å². The van der Waals surface area contributed by atoms with Crippen molar-refractivity contribution in [2.75, 3.05) is 23.3 Å². The largest absolute Gasteiger partial charge is 0.364 e. The van der Waals surface area contributed by atoms with Crippen LogP contribution in [0.3, 0.4) is 0 Å². The molecule has 0 aromatic carbocycles. The van der Waals surface area contributed by atoms with Crippen molar-refractivity contribution in [3.8, 4) is 6.07 Å². The third-order valence-corrected chi connectivity index (χ3v) is 4.51. The normalized spacial score (nSPS) is 19.8. The van der Waals surface area contributed by atoms with Gasteiger partial charge in [-0.2, -0.15) is 15.5 Å². The Kier molecular flexibility index (Phi) is 4.25. The molecule has 27 heavy (non-hydrogen) atoms. The molecular formula is C18H19N7O2. The van der Waals surface area contributed by atoms with Gasteiger partial charge in [0.2, 0.25) is 0 Å². The number of rotatable bonds is 3. The van der Waals surface area contributed by atoms with Crippen LogP contribution in [0.2, 0.25) is 0 Å². The number of nitriles is 1. The fourth-order valence-corrected chi connectivity index (χ4v) is 3.34. The average Bonchev–Trinajstić information content (AvgIpc) is 3.29. The second-order valence-electron chi connectivity index (χ2n) is 6.55. The molecule has 0 bridgehead atoms. The van der Waals surface area contributed by atoms with E-state index in [4.69, 9.17) is 4.74 Å². The van der Waals surface area contributed by atoms with E-state index in [0.717, 1.165) is 11.2 Å². The molecule has 0 radical (unpaired) electrons. The van der Waals surface area contributed by atoms with Crippen LogP contribution in [-0.2, 0) is 16.6 Å². The van der Waals surface area contributed by atoms with Crippen LogP contribution in [0.15, 0.2) is 36.7 Å². The molecule has 0 unspecified atom stereocenters. The maximum absolute atomic E-state index is 12.6. The van der Waals surface area contributed by atoms with Gasteiger partial charge in [-0.1, -0.05) is 0 Å². The average molecular weight is 365 g/mol. The van der Waals surface area contributed by atoms with Crippen molar-refractivity contribution in [3.05, 3.63) is 42.4 Å². The summed E-state index contributed by atoms with van der Waals surface area (Å²) in [6, 6.07) is 9.36. The van der Waals surface area contributed by atoms with Crippen LogP contribution in [0.1, 0.15) is 12.6 Å². The molecule has 9 heteroatoms. The van der Waals surface area contributed by atoms with Crippen LogP contribution in [0.4, 0.5) is 11.5 Å². The van der Waals surface area contributed by atoms with Crippen LogP contribution in [0.25, 0.3) is 5.52 Å². The smallest absolute Gasteiger partial charge is 0.256 e. The topological polar surface area (TPSA) is 100 Å². The first kappa shape index (κ1) is 17.1. The SMILES string of the molecule is C[C@@H]1CN(c2ccc(C#N)n3nccc23)C[C@H](C(=O)Nc2ccn(C)n2)O1. The van der Waals surface area contributed by atoms with Crippen molar-refractivity contribution in [2.24, 2.45) is 7.05 Å². The Hall–Kier alpha value is -3.38. The number of nitrogens with zero attached hydrogens (tertiary/aromatic N) is 6. The summed E-state index contributed by atoms with van der Waals surface area (Å²) in [6.07, 6.45) is 2.67. The number of anilines is 2. The summed E-state index contributed by atoms with van der Waals surface area (Å²) >= 11 is 0. The van der Waals surface area contributed by atoms with Gasteiger partial charge in [-0.05, 0) is 25.1 Å². The minimum atomic E-state index is -0.630. The van der Waals surface area contributed by atoms with Crippen molar-refractivity contribution in [1.29, 1.82) is 5.26 Å². The van der Waals surface area contributed by atoms with Crippen molar-refractivity contribution < 1.29 is 9.53 Å². The molecule has 1 saturated heterocycles. The maximum atomic E-state index is 12.6. The molecule has 1 amide bonds. The minimum absolute atomic E-state index is 0.128. The number of amides is 1. The second kappa shape index (κ2) is 6.74. The van der Waals surface area contributed by atoms with Crippen molar-refractivity contribution in [2.45, 2.75) is 19.1 Å². The van der Waals surface area contributed by atoms with Crippen LogP contribution >= 0.6 is 0 Å². The first-order chi connectivity index (χ1) is 13.0. The number of aromatic nitrogens is 4. The molecule has 138 valence electrons. The van der Waals surface area contributed by atoms with Gasteiger partial charge in [-0.3, -0.25) is 9.48 Å². The summed E-state index contributed by atoms with van der Waals surface area (Å²) in [7, 11) is 1.79. The summed E-state index contributed by atoms with van der Waals surface area (Å²) in [5, 5.41) is 20.4. The molecule has 1 fully saturated rings. The van der Waals surface area contributed by atoms with E-state index in [1.165, 1.54) is 0 Å². The van der Waals surface area contributed by atoms with E-state index in [9.17, 15) is 10.1 Å². The van der Waals surface area contributed by atoms with Crippen LogP contribution in [0.5, 0.6) is 0 Å². The van der Waals surface area contributed by atoms with Gasteiger partial charge in [0.05, 0.1) is 30.0 Å². The number of aryl methyl sites for hydroxylation is 1. The van der Waals surface area contributed by atoms with Crippen molar-refractivity contribution >= 4 is 22.9 Å². The Labute approximate surface area is 155 Å². The lowest BCUT2D eigenvalue weighted by molar-refractivity contribution is -0.131. The molecular weight excluding hydrogens is 346 g/mol. The van der Waals surface area contributed by atoms with Gasteiger partial charge in [0.1, 0.15) is 11.8 Å². The molecule has 0 spiro atoms. The summed E-state index contributed by atoms with van der Waals surface area (Å²) in [4.78, 5) is 14.7. The van der Waals surface area contributed by atoms with Crippen molar-refractivity contribution in [3.63, 3.8) is 0 Å². The molecule has 1 N–H and O–H groups in total. The Balaban J connectivity index is 1.58. The highest BCUT2D eigenvalue weighted by molar-refractivity contribution is 5.94. The van der Waals surface area contributed by atoms with Crippen molar-refractivity contribution in [1.82, 2.24) is 19.4 Å². The Morgan fingerprint density at radius 2 is 2.19 bits per heavy atom. The molecule has 3 aromatic heterocycles. The number of nitrogens with one attached hydrogen (secondary N) is 1. The highest BCUT2D eigenvalue weighted by Gasteiger charge is 2.32. The van der Waals surface area contributed by atoms with Gasteiger partial charge < -0.3 is 15.0 Å². The number of hydrogen-bond acceptors (Lipinski definition) is 6. The molecule has 2 atom stereocenters. The maximum Gasteiger partial charge on any atom is 0.256 e. The molecule has 3 aromatic rings. The fourth-order valence-electron chi connectivity index (χ4n) is 3.34. The Morgan fingerprint density at radius 3 is 2.93 bits per heavy atom. The lowest BCUT2D eigenvalue weighted by atomic mass is 10.1. The summed E-state index contributed by atoms with van der Waals surface area (Å²) in [6.45, 7) is 2.97. The molecule has 0 aliphatic carbocycles. The molecule has 4 rings (SSSR count). The van der Waals surface area contributed by atoms with E-state index in [0.29, 0.717) is 24.6 Å². The third kappa shape index (κ3) is 3.22. The van der Waals surface area contributed by atoms with Crippen LogP contribution in [0, 0.1) is 11.3 Å². The first-order valence-electron chi connectivity index (χ1n) is 8.63. The number of hydrogen-bond donors (Lipinski definition) is 1. The van der Waals surface area contributed by atoms with Gasteiger partial charge >= 0.3 is 0 Å². The molecule has 1 aliphatic rings. The van der Waals surface area contributed by atoms with Gasteiger partial charge in [0, 0.05) is 25.9 Å². The third-order valence-electron chi connectivity index (χ3n) is 4.51. The van der Waals surface area contributed by atoms with E-state index < -0.39 is 6.10 Å². The summed E-state index contributed by atoms with van der Waals surface area (Å²) < 4.78 is 9.09. The Morgan fingerprint density at radius 1 is 1.33 bits per heavy atom. The standard InChI is InChI=1S/C18H19N7O2/c1-12-10-24(14-4-3-13(9-19)25-15(14)5-7-20-25)11-16(27-12)18(26)21-17-6-8-23(2)22-17/h3-8,12,16H,10-11H2,1-2H3,(H,21,22,26)/t12-,16-/m1/s1. The molecule has 1 aliphatic heterocycles. The highest BCUT2D eigenvalue weighted by Crippen LogP contribution is 2.26.